The molecule has 0 spiro atoms. The van der Waals surface area contributed by atoms with E-state index < -0.39 is 29.9 Å². The second kappa shape index (κ2) is 6.39. The Hall–Kier alpha value is -3.24. The highest BCUT2D eigenvalue weighted by Gasteiger charge is 2.58. The maximum Gasteiger partial charge on any atom is 0.414 e. The number of benzene rings is 1. The summed E-state index contributed by atoms with van der Waals surface area (Å²) in [6.07, 6.45) is 1.98. The number of rotatable bonds is 4. The van der Waals surface area contributed by atoms with Gasteiger partial charge < -0.3 is 15.4 Å². The van der Waals surface area contributed by atoms with Crippen molar-refractivity contribution in [2.45, 2.75) is 18.6 Å². The summed E-state index contributed by atoms with van der Waals surface area (Å²) in [5.74, 6) is -1.64. The van der Waals surface area contributed by atoms with Crippen LogP contribution in [0.3, 0.4) is 0 Å². The van der Waals surface area contributed by atoms with Crippen LogP contribution >= 0.6 is 0 Å². The van der Waals surface area contributed by atoms with E-state index in [0.29, 0.717) is 19.6 Å². The van der Waals surface area contributed by atoms with E-state index in [0.717, 1.165) is 12.1 Å². The zero-order chi connectivity index (χ0) is 20.3. The predicted molar refractivity (Wildman–Crippen MR) is 94.9 cm³/mol. The quantitative estimate of drug-likeness (QED) is 0.827. The Balaban J connectivity index is 1.32. The molecule has 5 rings (SSSR count). The van der Waals surface area contributed by atoms with Gasteiger partial charge in [-0.1, -0.05) is 5.21 Å². The fourth-order valence-corrected chi connectivity index (χ4v) is 4.55. The molecule has 0 radical (unpaired) electrons. The second-order valence-electron chi connectivity index (χ2n) is 7.66. The number of cyclic esters (lactones) is 1. The van der Waals surface area contributed by atoms with E-state index in [-0.39, 0.29) is 35.5 Å². The average Bonchev–Trinajstić information content (AvgIpc) is 3.14. The smallest absolute Gasteiger partial charge is 0.414 e. The summed E-state index contributed by atoms with van der Waals surface area (Å²) in [6, 6.07) is 1.81. The molecule has 3 fully saturated rings. The summed E-state index contributed by atoms with van der Waals surface area (Å²) < 4.78 is 36.4. The molecule has 152 valence electrons. The number of hydrogen-bond acceptors (Lipinski definition) is 5. The zero-order valence-electron chi connectivity index (χ0n) is 15.2. The van der Waals surface area contributed by atoms with Crippen molar-refractivity contribution in [2.75, 3.05) is 24.5 Å². The number of likely N-dealkylation sites (tertiary alicyclic amines) is 1. The Morgan fingerprint density at radius 3 is 2.48 bits per heavy atom. The van der Waals surface area contributed by atoms with Gasteiger partial charge in [0.1, 0.15) is 17.7 Å². The Morgan fingerprint density at radius 2 is 1.90 bits per heavy atom. The van der Waals surface area contributed by atoms with Crippen LogP contribution < -0.4 is 10.6 Å². The highest BCUT2D eigenvalue weighted by atomic mass is 19.1. The van der Waals surface area contributed by atoms with Crippen molar-refractivity contribution in [1.82, 2.24) is 19.9 Å². The molecular weight excluding hydrogens is 386 g/mol. The summed E-state index contributed by atoms with van der Waals surface area (Å²) in [6.45, 7) is 1.27. The largest absolute Gasteiger partial charge is 0.442 e. The fourth-order valence-electron chi connectivity index (χ4n) is 4.55. The number of anilines is 1. The predicted octanol–water partition coefficient (Wildman–Crippen LogP) is 1.31. The number of halogens is 2. The van der Waals surface area contributed by atoms with E-state index in [2.05, 4.69) is 10.3 Å². The lowest BCUT2D eigenvalue weighted by atomic mass is 10.0. The van der Waals surface area contributed by atoms with E-state index in [1.54, 1.807) is 6.20 Å². The molecule has 2 aliphatic heterocycles. The number of ether oxygens (including phenoxy) is 1. The molecule has 1 aromatic carbocycles. The first kappa shape index (κ1) is 17.8. The highest BCUT2D eigenvalue weighted by Crippen LogP contribution is 2.59. The topological polar surface area (TPSA) is 107 Å². The van der Waals surface area contributed by atoms with Crippen molar-refractivity contribution in [3.8, 4) is 0 Å². The number of nitrogens with zero attached hydrogens (tertiary/aromatic N) is 5. The van der Waals surface area contributed by atoms with Crippen LogP contribution in [-0.2, 0) is 11.3 Å². The third kappa shape index (κ3) is 2.97. The van der Waals surface area contributed by atoms with Crippen molar-refractivity contribution >= 4 is 17.8 Å². The Bertz CT molecular complexity index is 949. The van der Waals surface area contributed by atoms with Crippen LogP contribution in [0.1, 0.15) is 11.5 Å². The molecular formula is C18H18F2N6O3. The van der Waals surface area contributed by atoms with Crippen LogP contribution in [0, 0.1) is 23.5 Å². The van der Waals surface area contributed by atoms with Crippen LogP contribution in [0.25, 0.3) is 0 Å². The number of hydrogen-bond donors (Lipinski definition) is 1. The average molecular weight is 404 g/mol. The van der Waals surface area contributed by atoms with Crippen molar-refractivity contribution in [3.63, 3.8) is 0 Å². The van der Waals surface area contributed by atoms with Gasteiger partial charge in [-0.05, 0) is 29.9 Å². The van der Waals surface area contributed by atoms with Crippen molar-refractivity contribution in [2.24, 2.45) is 17.6 Å². The third-order valence-electron chi connectivity index (χ3n) is 5.95. The highest BCUT2D eigenvalue weighted by molar-refractivity contribution is 5.89. The van der Waals surface area contributed by atoms with Gasteiger partial charge in [0.15, 0.2) is 0 Å². The first-order valence-electron chi connectivity index (χ1n) is 9.28. The molecule has 4 atom stereocenters. The molecule has 0 bridgehead atoms. The summed E-state index contributed by atoms with van der Waals surface area (Å²) in [4.78, 5) is 26.1. The monoisotopic (exact) mass is 404 g/mol. The molecule has 11 heteroatoms. The number of carbonyl (C=O) groups is 2. The molecule has 3 aliphatic rings. The van der Waals surface area contributed by atoms with Crippen LogP contribution in [0.2, 0.25) is 0 Å². The summed E-state index contributed by atoms with van der Waals surface area (Å²) >= 11 is 0. The first-order chi connectivity index (χ1) is 13.9. The van der Waals surface area contributed by atoms with Gasteiger partial charge in [-0.15, -0.1) is 5.10 Å². The number of fused-ring (bicyclic) bond motifs is 1. The Morgan fingerprint density at radius 1 is 1.21 bits per heavy atom. The van der Waals surface area contributed by atoms with E-state index in [9.17, 15) is 18.4 Å². The van der Waals surface area contributed by atoms with Gasteiger partial charge in [-0.2, -0.15) is 0 Å². The molecule has 1 aromatic heterocycles. The fraction of sp³-hybridized carbons (Fsp3) is 0.444. The molecule has 1 aliphatic carbocycles. The van der Waals surface area contributed by atoms with Gasteiger partial charge in [0, 0.05) is 24.8 Å². The van der Waals surface area contributed by atoms with E-state index in [1.165, 1.54) is 20.7 Å². The number of aromatic nitrogens is 3. The number of nitrogens with two attached hydrogens (primary N) is 1. The maximum absolute atomic E-state index is 14.8. The van der Waals surface area contributed by atoms with Crippen molar-refractivity contribution in [3.05, 3.63) is 41.7 Å². The maximum atomic E-state index is 14.8. The number of urea groups is 1. The van der Waals surface area contributed by atoms with Crippen LogP contribution in [0.5, 0.6) is 0 Å². The van der Waals surface area contributed by atoms with Gasteiger partial charge >= 0.3 is 12.1 Å². The van der Waals surface area contributed by atoms with E-state index >= 15 is 0 Å². The molecule has 2 saturated heterocycles. The van der Waals surface area contributed by atoms with Gasteiger partial charge in [0.05, 0.1) is 25.0 Å². The Labute approximate surface area is 164 Å². The molecule has 2 N–H and O–H groups in total. The molecule has 3 heterocycles. The Kier molecular flexibility index (Phi) is 3.93. The SMILES string of the molecule is NC(=O)N1C[C@@H]2[C@H](C1)[C@H]2c1c(F)cc(N2C[C@H](Cn3ccnn3)OC2=O)cc1F. The summed E-state index contributed by atoms with van der Waals surface area (Å²) in [7, 11) is 0. The van der Waals surface area contributed by atoms with Gasteiger partial charge in [0.2, 0.25) is 0 Å². The van der Waals surface area contributed by atoms with Crippen LogP contribution in [0.15, 0.2) is 24.5 Å². The molecule has 0 unspecified atom stereocenters. The zero-order valence-corrected chi connectivity index (χ0v) is 15.2. The van der Waals surface area contributed by atoms with Gasteiger partial charge in [-0.25, -0.2) is 23.1 Å². The van der Waals surface area contributed by atoms with Gasteiger partial charge in [0.25, 0.3) is 0 Å². The lowest BCUT2D eigenvalue weighted by Gasteiger charge is -2.19. The molecule has 29 heavy (non-hydrogen) atoms. The number of piperidine rings is 1. The number of carbonyl (C=O) groups excluding carboxylic acids is 2. The van der Waals surface area contributed by atoms with Crippen molar-refractivity contribution in [1.29, 1.82) is 0 Å². The van der Waals surface area contributed by atoms with Crippen LogP contribution in [0.4, 0.5) is 24.1 Å². The lowest BCUT2D eigenvalue weighted by molar-refractivity contribution is 0.129. The first-order valence-corrected chi connectivity index (χ1v) is 9.28. The van der Waals surface area contributed by atoms with Crippen LogP contribution in [-0.4, -0.2) is 57.8 Å². The minimum Gasteiger partial charge on any atom is -0.442 e. The molecule has 9 nitrogen and oxygen atoms in total. The standard InChI is InChI=1S/C18H18F2N6O3/c19-13-3-9(26-6-10(29-18(26)28)5-25-2-1-22-23-25)4-14(20)16(13)15-11-7-24(17(21)27)8-12(11)15/h1-4,10-12,15H,5-8H2,(H2,21,27)/t10-,11-,12+,15+/m0/s1. The summed E-state index contributed by atoms with van der Waals surface area (Å²) in [5.41, 5.74) is 5.39. The van der Waals surface area contributed by atoms with E-state index in [1.807, 2.05) is 0 Å². The minimum absolute atomic E-state index is 0.0135. The second-order valence-corrected chi connectivity index (χ2v) is 7.66. The lowest BCUT2D eigenvalue weighted by Crippen LogP contribution is -2.35. The minimum atomic E-state index is -0.697. The molecule has 1 saturated carbocycles. The number of primary amides is 1. The normalized spacial score (nSPS) is 27.9. The third-order valence-corrected chi connectivity index (χ3v) is 5.95. The summed E-state index contributed by atoms with van der Waals surface area (Å²) in [5, 5.41) is 7.50. The molecule has 2 aromatic rings. The van der Waals surface area contributed by atoms with Crippen molar-refractivity contribution < 1.29 is 23.1 Å². The van der Waals surface area contributed by atoms with E-state index in [4.69, 9.17) is 10.5 Å². The van der Waals surface area contributed by atoms with Gasteiger partial charge in [-0.3, -0.25) is 4.90 Å². The molecule has 3 amide bonds. The number of amides is 3.